The molecule has 0 radical (unpaired) electrons. The first kappa shape index (κ1) is 22.1. The standard InChI is InChI=1S/C20H22ClN3O5S/c1-29-19(25)15-6-8-18(9-7-15)30(27,28)24-11-3-10-23(12-13-24)20(26)22-17-5-2-4-16(21)14-17/h2,4-9,14H,3,10-13H2,1H3,(H,22,26). The van der Waals surface area contributed by atoms with Crippen LogP contribution >= 0.6 is 11.6 Å². The molecule has 0 aromatic heterocycles. The second-order valence-electron chi connectivity index (χ2n) is 6.70. The fraction of sp³-hybridized carbons (Fsp3) is 0.300. The van der Waals surface area contributed by atoms with Crippen LogP contribution in [-0.2, 0) is 14.8 Å². The van der Waals surface area contributed by atoms with Gasteiger partial charge in [0.1, 0.15) is 0 Å². The van der Waals surface area contributed by atoms with E-state index >= 15 is 0 Å². The molecule has 0 unspecified atom stereocenters. The number of amides is 2. The van der Waals surface area contributed by atoms with E-state index in [9.17, 15) is 18.0 Å². The molecule has 0 aliphatic carbocycles. The maximum Gasteiger partial charge on any atom is 0.337 e. The highest BCUT2D eigenvalue weighted by Crippen LogP contribution is 2.20. The predicted molar refractivity (Wildman–Crippen MR) is 113 cm³/mol. The highest BCUT2D eigenvalue weighted by Gasteiger charge is 2.28. The maximum atomic E-state index is 13.0. The van der Waals surface area contributed by atoms with Crippen molar-refractivity contribution in [3.63, 3.8) is 0 Å². The zero-order chi connectivity index (χ0) is 21.7. The van der Waals surface area contributed by atoms with Crippen LogP contribution in [0.2, 0.25) is 5.02 Å². The van der Waals surface area contributed by atoms with Crippen molar-refractivity contribution < 1.29 is 22.7 Å². The van der Waals surface area contributed by atoms with E-state index in [2.05, 4.69) is 10.1 Å². The maximum absolute atomic E-state index is 13.0. The highest BCUT2D eigenvalue weighted by molar-refractivity contribution is 7.89. The van der Waals surface area contributed by atoms with Crippen molar-refractivity contribution in [2.24, 2.45) is 0 Å². The lowest BCUT2D eigenvalue weighted by atomic mass is 10.2. The molecular formula is C20H22ClN3O5S. The molecule has 0 bridgehead atoms. The summed E-state index contributed by atoms with van der Waals surface area (Å²) in [5.74, 6) is -0.532. The summed E-state index contributed by atoms with van der Waals surface area (Å²) in [5.41, 5.74) is 0.850. The predicted octanol–water partition coefficient (Wildman–Crippen LogP) is 3.06. The Kier molecular flexibility index (Phi) is 6.96. The van der Waals surface area contributed by atoms with Crippen LogP contribution < -0.4 is 5.32 Å². The van der Waals surface area contributed by atoms with E-state index in [1.54, 1.807) is 29.2 Å². The Bertz CT molecular complexity index is 1030. The Balaban J connectivity index is 1.66. The third-order valence-corrected chi connectivity index (χ3v) is 6.88. The summed E-state index contributed by atoms with van der Waals surface area (Å²) in [5, 5.41) is 3.29. The number of nitrogens with zero attached hydrogens (tertiary/aromatic N) is 2. The van der Waals surface area contributed by atoms with Crippen LogP contribution in [0, 0.1) is 0 Å². The number of urea groups is 1. The number of halogens is 1. The van der Waals surface area contributed by atoms with Crippen LogP contribution in [0.4, 0.5) is 10.5 Å². The number of anilines is 1. The minimum absolute atomic E-state index is 0.0898. The number of carbonyl (C=O) groups is 2. The highest BCUT2D eigenvalue weighted by atomic mass is 35.5. The molecule has 0 saturated carbocycles. The van der Waals surface area contributed by atoms with Crippen LogP contribution in [0.25, 0.3) is 0 Å². The molecule has 160 valence electrons. The number of sulfonamides is 1. The van der Waals surface area contributed by atoms with Gasteiger partial charge >= 0.3 is 12.0 Å². The second kappa shape index (κ2) is 9.46. The number of carbonyl (C=O) groups excluding carboxylic acids is 2. The van der Waals surface area contributed by atoms with Crippen LogP contribution in [0.15, 0.2) is 53.4 Å². The van der Waals surface area contributed by atoms with E-state index in [4.69, 9.17) is 11.6 Å². The molecule has 2 aromatic rings. The fourth-order valence-electron chi connectivity index (χ4n) is 3.14. The zero-order valence-corrected chi connectivity index (χ0v) is 17.9. The summed E-state index contributed by atoms with van der Waals surface area (Å²) in [4.78, 5) is 25.8. The molecule has 2 aromatic carbocycles. The van der Waals surface area contributed by atoms with Gasteiger partial charge in [0.05, 0.1) is 17.6 Å². The lowest BCUT2D eigenvalue weighted by molar-refractivity contribution is 0.0600. The number of esters is 1. The molecular weight excluding hydrogens is 430 g/mol. The molecule has 10 heteroatoms. The Morgan fingerprint density at radius 1 is 1.03 bits per heavy atom. The van der Waals surface area contributed by atoms with Gasteiger partial charge in [-0.3, -0.25) is 0 Å². The van der Waals surface area contributed by atoms with E-state index in [0.717, 1.165) is 0 Å². The zero-order valence-electron chi connectivity index (χ0n) is 16.4. The number of benzene rings is 2. The van der Waals surface area contributed by atoms with Gasteiger partial charge in [0.25, 0.3) is 0 Å². The van der Waals surface area contributed by atoms with Crippen molar-refractivity contribution in [2.45, 2.75) is 11.3 Å². The van der Waals surface area contributed by atoms with Crippen molar-refractivity contribution in [3.8, 4) is 0 Å². The van der Waals surface area contributed by atoms with Crippen molar-refractivity contribution in [1.82, 2.24) is 9.21 Å². The van der Waals surface area contributed by atoms with Gasteiger partial charge in [-0.1, -0.05) is 17.7 Å². The van der Waals surface area contributed by atoms with Crippen molar-refractivity contribution in [3.05, 3.63) is 59.1 Å². The Labute approximate surface area is 180 Å². The van der Waals surface area contributed by atoms with Crippen LogP contribution in [0.5, 0.6) is 0 Å². The SMILES string of the molecule is COC(=O)c1ccc(S(=O)(=O)N2CCCN(C(=O)Nc3cccc(Cl)c3)CC2)cc1. The molecule has 1 aliphatic heterocycles. The van der Waals surface area contributed by atoms with Crippen LogP contribution in [0.3, 0.4) is 0 Å². The van der Waals surface area contributed by atoms with Crippen LogP contribution in [0.1, 0.15) is 16.8 Å². The molecule has 1 heterocycles. The van der Waals surface area contributed by atoms with Gasteiger partial charge in [-0.15, -0.1) is 0 Å². The molecule has 1 aliphatic rings. The molecule has 0 atom stereocenters. The summed E-state index contributed by atoms with van der Waals surface area (Å²) < 4.78 is 31.9. The van der Waals surface area contributed by atoms with E-state index in [1.165, 1.54) is 35.7 Å². The normalized spacial score (nSPS) is 15.3. The van der Waals surface area contributed by atoms with Crippen molar-refractivity contribution in [2.75, 3.05) is 38.6 Å². The number of hydrogen-bond acceptors (Lipinski definition) is 5. The summed E-state index contributed by atoms with van der Waals surface area (Å²) in [7, 11) is -2.48. The van der Waals surface area contributed by atoms with E-state index in [1.807, 2.05) is 0 Å². The minimum atomic E-state index is -3.74. The van der Waals surface area contributed by atoms with Crippen LogP contribution in [-0.4, -0.2) is 62.9 Å². The van der Waals surface area contributed by atoms with Gasteiger partial charge in [0, 0.05) is 36.9 Å². The lowest BCUT2D eigenvalue weighted by Gasteiger charge is -2.22. The number of hydrogen-bond donors (Lipinski definition) is 1. The summed E-state index contributed by atoms with van der Waals surface area (Å²) in [6.07, 6.45) is 0.502. The molecule has 8 nitrogen and oxygen atoms in total. The molecule has 2 amide bonds. The molecule has 30 heavy (non-hydrogen) atoms. The summed E-state index contributed by atoms with van der Waals surface area (Å²) in [6.45, 7) is 1.15. The third kappa shape index (κ3) is 5.10. The van der Waals surface area contributed by atoms with E-state index < -0.39 is 16.0 Å². The first-order valence-corrected chi connectivity index (χ1v) is 11.1. The second-order valence-corrected chi connectivity index (χ2v) is 9.08. The first-order valence-electron chi connectivity index (χ1n) is 9.31. The molecule has 1 N–H and O–H groups in total. The average Bonchev–Trinajstić information content (AvgIpc) is 3.00. The fourth-order valence-corrected chi connectivity index (χ4v) is 4.80. The smallest absolute Gasteiger partial charge is 0.337 e. The molecule has 1 fully saturated rings. The van der Waals surface area contributed by atoms with Gasteiger partial charge < -0.3 is 15.0 Å². The Hall–Kier alpha value is -2.62. The summed E-state index contributed by atoms with van der Waals surface area (Å²) in [6, 6.07) is 12.1. The monoisotopic (exact) mass is 451 g/mol. The number of rotatable bonds is 4. The topological polar surface area (TPSA) is 96.0 Å². The van der Waals surface area contributed by atoms with Crippen molar-refractivity contribution in [1.29, 1.82) is 0 Å². The molecule has 0 spiro atoms. The van der Waals surface area contributed by atoms with Gasteiger partial charge in [0.2, 0.25) is 10.0 Å². The largest absolute Gasteiger partial charge is 0.465 e. The van der Waals surface area contributed by atoms with Crippen molar-refractivity contribution >= 4 is 39.3 Å². The van der Waals surface area contributed by atoms with E-state index in [-0.39, 0.29) is 29.6 Å². The number of methoxy groups -OCH3 is 1. The van der Waals surface area contributed by atoms with Gasteiger partial charge in [0.15, 0.2) is 0 Å². The average molecular weight is 452 g/mol. The van der Waals surface area contributed by atoms with Gasteiger partial charge in [-0.05, 0) is 48.9 Å². The first-order chi connectivity index (χ1) is 14.3. The number of ether oxygens (including phenoxy) is 1. The Morgan fingerprint density at radius 3 is 2.43 bits per heavy atom. The van der Waals surface area contributed by atoms with E-state index in [0.29, 0.717) is 30.2 Å². The lowest BCUT2D eigenvalue weighted by Crippen LogP contribution is -2.39. The number of nitrogens with one attached hydrogen (secondary N) is 1. The third-order valence-electron chi connectivity index (χ3n) is 4.73. The molecule has 1 saturated heterocycles. The van der Waals surface area contributed by atoms with Gasteiger partial charge in [-0.25, -0.2) is 18.0 Å². The summed E-state index contributed by atoms with van der Waals surface area (Å²) >= 11 is 5.94. The Morgan fingerprint density at radius 2 is 1.77 bits per heavy atom. The quantitative estimate of drug-likeness (QED) is 0.721. The van der Waals surface area contributed by atoms with Gasteiger partial charge in [-0.2, -0.15) is 4.31 Å². The minimum Gasteiger partial charge on any atom is -0.465 e. The molecule has 3 rings (SSSR count).